The van der Waals surface area contributed by atoms with Gasteiger partial charge in [0.1, 0.15) is 4.60 Å². The second-order valence-electron chi connectivity index (χ2n) is 1.33. The van der Waals surface area contributed by atoms with Gasteiger partial charge in [0.15, 0.2) is 5.82 Å². The Balaban J connectivity index is 3.17. The lowest BCUT2D eigenvalue weighted by Crippen LogP contribution is -1.86. The summed E-state index contributed by atoms with van der Waals surface area (Å²) in [6, 6.07) is 2.84. The summed E-state index contributed by atoms with van der Waals surface area (Å²) in [5.41, 5.74) is 0. The topological polar surface area (TPSA) is 12.9 Å². The Morgan fingerprint density at radius 2 is 2.22 bits per heavy atom. The smallest absolute Gasteiger partial charge is 0.209 e. The molecule has 0 N–H and O–H groups in total. The van der Waals surface area contributed by atoms with E-state index < -0.39 is 11.8 Å². The van der Waals surface area contributed by atoms with Crippen LogP contribution in [0.3, 0.4) is 0 Å². The molecule has 0 atom stereocenters. The van der Waals surface area contributed by atoms with Crippen LogP contribution in [0, 0.1) is 17.8 Å². The molecule has 0 aliphatic carbocycles. The first kappa shape index (κ1) is 6.61. The molecule has 9 heavy (non-hydrogen) atoms. The monoisotopic (exact) mass is 192 g/mol. The molecule has 1 heterocycles. The van der Waals surface area contributed by atoms with Gasteiger partial charge in [-0.25, -0.2) is 9.37 Å². The zero-order valence-electron chi connectivity index (χ0n) is 4.16. The van der Waals surface area contributed by atoms with Gasteiger partial charge < -0.3 is 0 Å². The van der Waals surface area contributed by atoms with Crippen molar-refractivity contribution in [2.75, 3.05) is 0 Å². The van der Waals surface area contributed by atoms with E-state index in [1.807, 2.05) is 6.07 Å². The van der Waals surface area contributed by atoms with E-state index in [0.717, 1.165) is 6.07 Å². The van der Waals surface area contributed by atoms with Crippen molar-refractivity contribution in [3.8, 4) is 0 Å². The summed E-state index contributed by atoms with van der Waals surface area (Å²) in [6.07, 6.45) is 0. The van der Waals surface area contributed by atoms with Gasteiger partial charge in [-0.05, 0) is 22.0 Å². The van der Waals surface area contributed by atoms with Crippen molar-refractivity contribution in [3.05, 3.63) is 28.5 Å². The molecule has 0 amide bonds. The molecule has 0 aliphatic heterocycles. The van der Waals surface area contributed by atoms with Gasteiger partial charge in [-0.3, -0.25) is 0 Å². The van der Waals surface area contributed by atoms with Gasteiger partial charge in [-0.1, -0.05) is 0 Å². The Labute approximate surface area is 58.8 Å². The molecule has 0 fully saturated rings. The lowest BCUT2D eigenvalue weighted by Gasteiger charge is -1.89. The van der Waals surface area contributed by atoms with Crippen molar-refractivity contribution in [3.63, 3.8) is 0 Å². The van der Waals surface area contributed by atoms with Crippen LogP contribution in [0.15, 0.2) is 10.7 Å². The number of nitrogens with zero attached hydrogens (tertiary/aromatic N) is 1. The van der Waals surface area contributed by atoms with Crippen LogP contribution in [0.25, 0.3) is 0 Å². The van der Waals surface area contributed by atoms with Gasteiger partial charge in [-0.2, -0.15) is 4.39 Å². The summed E-state index contributed by atoms with van der Waals surface area (Å²) in [5.74, 6) is -1.43. The molecule has 0 aliphatic rings. The first-order valence-corrected chi connectivity index (χ1v) is 2.88. The van der Waals surface area contributed by atoms with E-state index in [2.05, 4.69) is 20.9 Å². The molecule has 0 bridgehead atoms. The Bertz CT molecular complexity index is 226. The van der Waals surface area contributed by atoms with Crippen molar-refractivity contribution in [2.24, 2.45) is 0 Å². The lowest BCUT2D eigenvalue weighted by molar-refractivity contribution is 0.550. The fraction of sp³-hybridized carbons (Fsp3) is 0. The highest BCUT2D eigenvalue weighted by Crippen LogP contribution is 2.10. The molecule has 1 rings (SSSR count). The number of halogens is 3. The normalized spacial score (nSPS) is 9.67. The maximum Gasteiger partial charge on any atom is 0.222 e. The van der Waals surface area contributed by atoms with Crippen LogP contribution in [0.1, 0.15) is 0 Å². The number of hydrogen-bond acceptors (Lipinski definition) is 1. The molecule has 1 radical (unpaired) electrons. The molecular formula is C5HBrF2N. The summed E-state index contributed by atoms with van der Waals surface area (Å²) in [4.78, 5) is 3.09. The highest BCUT2D eigenvalue weighted by molar-refractivity contribution is 9.10. The summed E-state index contributed by atoms with van der Waals surface area (Å²) < 4.78 is 24.0. The van der Waals surface area contributed by atoms with Crippen molar-refractivity contribution in [2.45, 2.75) is 0 Å². The van der Waals surface area contributed by atoms with Gasteiger partial charge in [0.2, 0.25) is 5.95 Å². The van der Waals surface area contributed by atoms with Gasteiger partial charge in [-0.15, -0.1) is 0 Å². The Morgan fingerprint density at radius 3 is 2.67 bits per heavy atom. The molecule has 1 aromatic rings. The minimum absolute atomic E-state index is 0.126. The number of rotatable bonds is 0. The fourth-order valence-electron chi connectivity index (χ4n) is 0.354. The third kappa shape index (κ3) is 1.45. The Kier molecular flexibility index (Phi) is 1.75. The van der Waals surface area contributed by atoms with Crippen LogP contribution in [0.2, 0.25) is 0 Å². The second-order valence-corrected chi connectivity index (χ2v) is 2.08. The molecule has 47 valence electrons. The highest BCUT2D eigenvalue weighted by Gasteiger charge is 1.99. The number of pyridine rings is 1. The van der Waals surface area contributed by atoms with Crippen molar-refractivity contribution in [1.82, 2.24) is 4.98 Å². The van der Waals surface area contributed by atoms with E-state index in [1.54, 1.807) is 0 Å². The molecule has 1 aromatic heterocycles. The molecule has 0 spiro atoms. The van der Waals surface area contributed by atoms with E-state index in [1.165, 1.54) is 0 Å². The van der Waals surface area contributed by atoms with Crippen molar-refractivity contribution < 1.29 is 8.78 Å². The van der Waals surface area contributed by atoms with Crippen molar-refractivity contribution in [1.29, 1.82) is 0 Å². The van der Waals surface area contributed by atoms with Gasteiger partial charge >= 0.3 is 0 Å². The van der Waals surface area contributed by atoms with E-state index >= 15 is 0 Å². The molecule has 4 heteroatoms. The first-order valence-electron chi connectivity index (χ1n) is 2.09. The van der Waals surface area contributed by atoms with E-state index in [0.29, 0.717) is 0 Å². The zero-order valence-corrected chi connectivity index (χ0v) is 5.74. The van der Waals surface area contributed by atoms with E-state index in [-0.39, 0.29) is 4.60 Å². The lowest BCUT2D eigenvalue weighted by atomic mass is 10.5. The summed E-state index contributed by atoms with van der Waals surface area (Å²) >= 11 is 2.70. The predicted octanol–water partition coefficient (Wildman–Crippen LogP) is 1.92. The Hall–Kier alpha value is -0.510. The molecular weight excluding hydrogens is 192 g/mol. The quantitative estimate of drug-likeness (QED) is 0.573. The fourth-order valence-corrected chi connectivity index (χ4v) is 0.624. The number of aromatic nitrogens is 1. The maximum atomic E-state index is 12.2. The summed E-state index contributed by atoms with van der Waals surface area (Å²) in [5, 5.41) is 0. The first-order chi connectivity index (χ1) is 4.20. The third-order valence-electron chi connectivity index (χ3n) is 0.711. The van der Waals surface area contributed by atoms with Crippen molar-refractivity contribution >= 4 is 15.9 Å². The van der Waals surface area contributed by atoms with Gasteiger partial charge in [0, 0.05) is 6.07 Å². The minimum Gasteiger partial charge on any atom is -0.209 e. The summed E-state index contributed by atoms with van der Waals surface area (Å²) in [7, 11) is 0. The van der Waals surface area contributed by atoms with Crippen LogP contribution in [0.4, 0.5) is 8.78 Å². The molecule has 0 saturated heterocycles. The van der Waals surface area contributed by atoms with Gasteiger partial charge in [0.25, 0.3) is 0 Å². The SMILES string of the molecule is Fc1[c]cc(F)c(Br)n1. The third-order valence-corrected chi connectivity index (χ3v) is 1.27. The number of hydrogen-bond donors (Lipinski definition) is 0. The second kappa shape index (κ2) is 2.39. The molecule has 1 nitrogen and oxygen atoms in total. The molecule has 0 aromatic carbocycles. The van der Waals surface area contributed by atoms with Gasteiger partial charge in [0.05, 0.1) is 0 Å². The molecule has 0 saturated carbocycles. The van der Waals surface area contributed by atoms with Crippen LogP contribution in [-0.4, -0.2) is 4.98 Å². The summed E-state index contributed by atoms with van der Waals surface area (Å²) in [6.45, 7) is 0. The van der Waals surface area contributed by atoms with Crippen LogP contribution in [-0.2, 0) is 0 Å². The average Bonchev–Trinajstić information content (AvgIpc) is 1.80. The maximum absolute atomic E-state index is 12.2. The predicted molar refractivity (Wildman–Crippen MR) is 30.7 cm³/mol. The van der Waals surface area contributed by atoms with E-state index in [9.17, 15) is 8.78 Å². The minimum atomic E-state index is -0.816. The zero-order chi connectivity index (χ0) is 6.85. The van der Waals surface area contributed by atoms with Crippen LogP contribution < -0.4 is 0 Å². The van der Waals surface area contributed by atoms with Crippen LogP contribution >= 0.6 is 15.9 Å². The van der Waals surface area contributed by atoms with Crippen LogP contribution in [0.5, 0.6) is 0 Å². The standard InChI is InChI=1S/C5HBrF2N/c6-5-3(7)1-2-4(8)9-5/h1H. The molecule has 0 unspecified atom stereocenters. The largest absolute Gasteiger partial charge is 0.222 e. The highest BCUT2D eigenvalue weighted by atomic mass is 79.9. The Morgan fingerprint density at radius 1 is 1.56 bits per heavy atom. The van der Waals surface area contributed by atoms with E-state index in [4.69, 9.17) is 0 Å². The average molecular weight is 193 g/mol.